The highest BCUT2D eigenvalue weighted by molar-refractivity contribution is 7.13. The van der Waals surface area contributed by atoms with Crippen molar-refractivity contribution in [1.29, 1.82) is 0 Å². The summed E-state index contributed by atoms with van der Waals surface area (Å²) in [5.74, 6) is 0.325. The van der Waals surface area contributed by atoms with Gasteiger partial charge in [0.15, 0.2) is 10.8 Å². The van der Waals surface area contributed by atoms with Gasteiger partial charge in [-0.05, 0) is 51.2 Å². The summed E-state index contributed by atoms with van der Waals surface area (Å²) in [5.41, 5.74) is 0.855. The molecule has 2 fully saturated rings. The third kappa shape index (κ3) is 4.40. The van der Waals surface area contributed by atoms with Gasteiger partial charge in [-0.25, -0.2) is 19.7 Å². The van der Waals surface area contributed by atoms with E-state index in [0.717, 1.165) is 31.2 Å². The highest BCUT2D eigenvalue weighted by Crippen LogP contribution is 2.44. The van der Waals surface area contributed by atoms with Crippen LogP contribution in [0.3, 0.4) is 0 Å². The molecule has 176 valence electrons. The lowest BCUT2D eigenvalue weighted by atomic mass is 9.86. The second-order valence-electron chi connectivity index (χ2n) is 9.28. The molecule has 2 amide bonds. The van der Waals surface area contributed by atoms with Gasteiger partial charge in [0.05, 0.1) is 6.04 Å². The molecule has 0 bridgehead atoms. The summed E-state index contributed by atoms with van der Waals surface area (Å²) >= 11 is 1.35. The first kappa shape index (κ1) is 22.5. The predicted molar refractivity (Wildman–Crippen MR) is 128 cm³/mol. The molecular weight excluding hydrogens is 450 g/mol. The van der Waals surface area contributed by atoms with Gasteiger partial charge in [0, 0.05) is 29.9 Å². The maximum Gasteiger partial charge on any atom is 0.411 e. The van der Waals surface area contributed by atoms with E-state index in [2.05, 4.69) is 32.4 Å². The lowest BCUT2D eigenvalue weighted by molar-refractivity contribution is 0.0663. The summed E-state index contributed by atoms with van der Waals surface area (Å²) in [6.07, 6.45) is 6.24. The first-order valence-electron chi connectivity index (χ1n) is 11.5. The van der Waals surface area contributed by atoms with Crippen LogP contribution in [0.25, 0.3) is 10.8 Å². The van der Waals surface area contributed by atoms with Crippen LogP contribution in [0.5, 0.6) is 0 Å². The normalized spacial score (nSPS) is 24.0. The van der Waals surface area contributed by atoms with Crippen LogP contribution in [-0.2, 0) is 4.74 Å². The Balaban J connectivity index is 1.22. The number of hydrogen-bond donors (Lipinski definition) is 1. The summed E-state index contributed by atoms with van der Waals surface area (Å²) in [6, 6.07) is 11.8. The Bertz CT molecular complexity index is 1160. The number of nitrogens with one attached hydrogen (secondary N) is 1. The fourth-order valence-corrected chi connectivity index (χ4v) is 5.72. The summed E-state index contributed by atoms with van der Waals surface area (Å²) in [4.78, 5) is 40.3. The number of aromatic nitrogens is 3. The first-order valence-corrected chi connectivity index (χ1v) is 12.4. The van der Waals surface area contributed by atoms with Gasteiger partial charge in [0.1, 0.15) is 11.3 Å². The minimum absolute atomic E-state index is 0.0451. The second-order valence-corrected chi connectivity index (χ2v) is 10.1. The monoisotopic (exact) mass is 477 g/mol. The molecule has 2 aliphatic rings. The fraction of sp³-hybridized carbons (Fsp3) is 0.400. The van der Waals surface area contributed by atoms with E-state index in [0.29, 0.717) is 16.5 Å². The number of rotatable bonds is 5. The van der Waals surface area contributed by atoms with Crippen molar-refractivity contribution >= 4 is 23.3 Å². The molecule has 0 radical (unpaired) electrons. The largest absolute Gasteiger partial charge is 0.441 e. The van der Waals surface area contributed by atoms with Crippen LogP contribution in [0.2, 0.25) is 0 Å². The van der Waals surface area contributed by atoms with E-state index in [1.54, 1.807) is 23.8 Å². The summed E-state index contributed by atoms with van der Waals surface area (Å²) in [6.45, 7) is 3.94. The Morgan fingerprint density at radius 1 is 1.09 bits per heavy atom. The number of cyclic esters (lactones) is 1. The highest BCUT2D eigenvalue weighted by atomic mass is 32.1. The zero-order chi connectivity index (χ0) is 23.7. The molecule has 1 aliphatic carbocycles. The van der Waals surface area contributed by atoms with Gasteiger partial charge in [-0.1, -0.05) is 30.3 Å². The molecule has 1 atom stereocenters. The van der Waals surface area contributed by atoms with Gasteiger partial charge < -0.3 is 10.1 Å². The average molecular weight is 478 g/mol. The molecule has 1 aromatic carbocycles. The van der Waals surface area contributed by atoms with E-state index in [1.165, 1.54) is 11.3 Å². The number of amides is 2. The smallest absolute Gasteiger partial charge is 0.411 e. The molecule has 1 saturated carbocycles. The molecule has 1 N–H and O–H groups in total. The van der Waals surface area contributed by atoms with Crippen LogP contribution in [0, 0.1) is 0 Å². The zero-order valence-electron chi connectivity index (χ0n) is 19.2. The first-order chi connectivity index (χ1) is 16.4. The van der Waals surface area contributed by atoms with E-state index >= 15 is 0 Å². The SMILES string of the molecule is CC1(C)OC(=O)N(C2CCC(NC(=O)c3csc(-c4ncccn4)n3)CC2)[C@H]1c1ccccc1. The molecule has 8 nitrogen and oxygen atoms in total. The predicted octanol–water partition coefficient (Wildman–Crippen LogP) is 4.61. The Labute approximate surface area is 202 Å². The van der Waals surface area contributed by atoms with E-state index in [4.69, 9.17) is 4.74 Å². The van der Waals surface area contributed by atoms with Gasteiger partial charge in [-0.15, -0.1) is 11.3 Å². The Kier molecular flexibility index (Phi) is 6.03. The molecule has 3 heterocycles. The average Bonchev–Trinajstić information content (AvgIpc) is 3.43. The minimum atomic E-state index is -0.603. The van der Waals surface area contributed by atoms with E-state index in [-0.39, 0.29) is 30.1 Å². The standard InChI is InChI=1S/C25H27N5O3S/c1-25(2)20(16-7-4-3-5-8-16)30(24(32)33-25)18-11-9-17(10-12-18)28-22(31)19-15-34-23(29-19)21-26-13-6-14-27-21/h3-8,13-15,17-18,20H,9-12H2,1-2H3,(H,28,31)/t17?,18?,20-/m0/s1. The van der Waals surface area contributed by atoms with Gasteiger partial charge in [0.2, 0.25) is 0 Å². The van der Waals surface area contributed by atoms with Crippen LogP contribution in [0.4, 0.5) is 4.79 Å². The van der Waals surface area contributed by atoms with Gasteiger partial charge in [-0.2, -0.15) is 0 Å². The molecule has 0 unspecified atom stereocenters. The molecule has 34 heavy (non-hydrogen) atoms. The lowest BCUT2D eigenvalue weighted by Gasteiger charge is -2.38. The van der Waals surface area contributed by atoms with Gasteiger partial charge >= 0.3 is 6.09 Å². The topological polar surface area (TPSA) is 97.3 Å². The van der Waals surface area contributed by atoms with Crippen molar-refractivity contribution in [3.05, 3.63) is 65.4 Å². The molecular formula is C25H27N5O3S. The molecule has 0 spiro atoms. The molecule has 3 aromatic rings. The zero-order valence-corrected chi connectivity index (χ0v) is 20.0. The fourth-order valence-electron chi connectivity index (χ4n) is 4.98. The number of benzene rings is 1. The quantitative estimate of drug-likeness (QED) is 0.576. The number of hydrogen-bond acceptors (Lipinski definition) is 7. The number of ether oxygens (including phenoxy) is 1. The van der Waals surface area contributed by atoms with Crippen molar-refractivity contribution < 1.29 is 14.3 Å². The van der Waals surface area contributed by atoms with Crippen molar-refractivity contribution in [2.45, 2.75) is 63.3 Å². The number of nitrogens with zero attached hydrogens (tertiary/aromatic N) is 4. The highest BCUT2D eigenvalue weighted by Gasteiger charge is 2.51. The Morgan fingerprint density at radius 2 is 1.79 bits per heavy atom. The van der Waals surface area contributed by atoms with Crippen molar-refractivity contribution in [2.24, 2.45) is 0 Å². The number of thiazole rings is 1. The summed E-state index contributed by atoms with van der Waals surface area (Å²) < 4.78 is 5.77. The van der Waals surface area contributed by atoms with Crippen LogP contribution in [0.15, 0.2) is 54.2 Å². The van der Waals surface area contributed by atoms with Crippen LogP contribution in [-0.4, -0.2) is 49.5 Å². The number of carbonyl (C=O) groups excluding carboxylic acids is 2. The van der Waals surface area contributed by atoms with Crippen LogP contribution >= 0.6 is 11.3 Å². The lowest BCUT2D eigenvalue weighted by Crippen LogP contribution is -2.46. The number of carbonyl (C=O) groups is 2. The van der Waals surface area contributed by atoms with E-state index in [9.17, 15) is 9.59 Å². The molecule has 1 saturated heterocycles. The summed E-state index contributed by atoms with van der Waals surface area (Å²) in [7, 11) is 0. The minimum Gasteiger partial charge on any atom is -0.441 e. The molecule has 1 aliphatic heterocycles. The maximum atomic E-state index is 12.9. The Hall–Kier alpha value is -3.33. The van der Waals surface area contributed by atoms with Crippen LogP contribution in [0.1, 0.15) is 61.6 Å². The van der Waals surface area contributed by atoms with Crippen molar-refractivity contribution in [3.8, 4) is 10.8 Å². The third-order valence-electron chi connectivity index (χ3n) is 6.53. The Morgan fingerprint density at radius 3 is 2.50 bits per heavy atom. The maximum absolute atomic E-state index is 12.9. The van der Waals surface area contributed by atoms with Gasteiger partial charge in [0.25, 0.3) is 5.91 Å². The van der Waals surface area contributed by atoms with Crippen molar-refractivity contribution in [2.75, 3.05) is 0 Å². The van der Waals surface area contributed by atoms with Crippen LogP contribution < -0.4 is 5.32 Å². The van der Waals surface area contributed by atoms with E-state index in [1.807, 2.05) is 36.9 Å². The van der Waals surface area contributed by atoms with Gasteiger partial charge in [-0.3, -0.25) is 9.69 Å². The molecule has 2 aromatic heterocycles. The third-order valence-corrected chi connectivity index (χ3v) is 7.37. The molecule has 5 rings (SSSR count). The molecule has 9 heteroatoms. The summed E-state index contributed by atoms with van der Waals surface area (Å²) in [5, 5.41) is 5.47. The van der Waals surface area contributed by atoms with E-state index < -0.39 is 5.60 Å². The van der Waals surface area contributed by atoms with Crippen molar-refractivity contribution in [1.82, 2.24) is 25.2 Å². The second kappa shape index (κ2) is 9.13. The van der Waals surface area contributed by atoms with Crippen molar-refractivity contribution in [3.63, 3.8) is 0 Å².